The monoisotopic (exact) mass is 507 g/mol. The largest absolute Gasteiger partial charge is 0.391 e. The molecule has 1 fully saturated rings. The number of pyridine rings is 1. The van der Waals surface area contributed by atoms with Crippen molar-refractivity contribution in [2.24, 2.45) is 11.8 Å². The molecule has 0 spiro atoms. The van der Waals surface area contributed by atoms with Crippen molar-refractivity contribution in [2.75, 3.05) is 0 Å². The number of rotatable bonds is 9. The van der Waals surface area contributed by atoms with Crippen molar-refractivity contribution in [3.63, 3.8) is 0 Å². The van der Waals surface area contributed by atoms with Gasteiger partial charge in [-0.1, -0.05) is 25.1 Å². The van der Waals surface area contributed by atoms with Crippen LogP contribution in [0.2, 0.25) is 0 Å². The van der Waals surface area contributed by atoms with Gasteiger partial charge in [-0.3, -0.25) is 24.8 Å². The number of para-hydroxylation sites is 2. The summed E-state index contributed by atoms with van der Waals surface area (Å²) in [7, 11) is 0. The third-order valence-corrected chi connectivity index (χ3v) is 7.31. The highest BCUT2D eigenvalue weighted by Crippen LogP contribution is 2.39. The first-order valence-electron chi connectivity index (χ1n) is 12.6. The zero-order valence-electron chi connectivity index (χ0n) is 20.7. The highest BCUT2D eigenvalue weighted by molar-refractivity contribution is 5.94. The van der Waals surface area contributed by atoms with Crippen LogP contribution in [-0.2, 0) is 11.2 Å². The Balaban J connectivity index is 1.57. The molecule has 2 aromatic heterocycles. The summed E-state index contributed by atoms with van der Waals surface area (Å²) in [6.07, 6.45) is 3.99. The van der Waals surface area contributed by atoms with Crippen molar-refractivity contribution in [1.29, 1.82) is 0 Å². The summed E-state index contributed by atoms with van der Waals surface area (Å²) < 4.78 is 0. The second-order valence-corrected chi connectivity index (χ2v) is 9.97. The average molecular weight is 508 g/mol. The van der Waals surface area contributed by atoms with E-state index in [9.17, 15) is 25.0 Å². The Hall–Kier alpha value is -3.47. The summed E-state index contributed by atoms with van der Waals surface area (Å²) in [5.41, 5.74) is 2.20. The number of aromatic nitrogens is 3. The Morgan fingerprint density at radius 3 is 2.46 bits per heavy atom. The summed E-state index contributed by atoms with van der Waals surface area (Å²) in [5.74, 6) is -1.95. The van der Waals surface area contributed by atoms with Crippen LogP contribution in [0.15, 0.2) is 54.9 Å². The van der Waals surface area contributed by atoms with Crippen molar-refractivity contribution in [2.45, 2.75) is 63.2 Å². The molecular formula is C27H33N5O5. The summed E-state index contributed by atoms with van der Waals surface area (Å²) in [5, 5.41) is 34.8. The summed E-state index contributed by atoms with van der Waals surface area (Å²) >= 11 is 0. The fraction of sp³-hybridized carbons (Fsp3) is 0.444. The fourth-order valence-corrected chi connectivity index (χ4v) is 5.00. The van der Waals surface area contributed by atoms with Crippen LogP contribution in [0.5, 0.6) is 0 Å². The van der Waals surface area contributed by atoms with E-state index in [4.69, 9.17) is 0 Å². The van der Waals surface area contributed by atoms with Gasteiger partial charge in [0.15, 0.2) is 0 Å². The predicted octanol–water partition coefficient (Wildman–Crippen LogP) is 2.18. The molecule has 1 saturated carbocycles. The van der Waals surface area contributed by atoms with Crippen LogP contribution in [0.4, 0.5) is 0 Å². The third kappa shape index (κ3) is 6.46. The number of fused-ring (bicyclic) bond motifs is 1. The highest BCUT2D eigenvalue weighted by Gasteiger charge is 2.45. The van der Waals surface area contributed by atoms with Crippen molar-refractivity contribution in [3.05, 3.63) is 66.2 Å². The molecule has 196 valence electrons. The minimum atomic E-state index is -1.37. The van der Waals surface area contributed by atoms with Crippen molar-refractivity contribution >= 4 is 22.8 Å². The SMILES string of the molecule is CC1CCC(O)(C(CC(O)C(Cc2ccccn2)NC(=O)c2cnc3ccccc3n2)C(=O)NO)CC1. The standard InChI is InChI=1S/C27H33N5O5/c1-17-9-11-27(36,12-10-17)19(25(34)32-37)15-24(33)22(14-18-6-4-5-13-28-18)31-26(35)23-16-29-20-7-2-3-8-21(20)30-23/h2-8,13,16-17,19,22,24,33,36-37H,9-12,14-15H2,1H3,(H,31,35)(H,32,34). The molecule has 1 aromatic carbocycles. The minimum Gasteiger partial charge on any atom is -0.391 e. The lowest BCUT2D eigenvalue weighted by Crippen LogP contribution is -2.53. The van der Waals surface area contributed by atoms with Crippen LogP contribution >= 0.6 is 0 Å². The van der Waals surface area contributed by atoms with Crippen LogP contribution in [0.1, 0.15) is 55.2 Å². The second kappa shape index (κ2) is 11.7. The van der Waals surface area contributed by atoms with Gasteiger partial charge in [-0.05, 0) is 62.3 Å². The molecule has 2 heterocycles. The molecule has 3 aromatic rings. The van der Waals surface area contributed by atoms with E-state index < -0.39 is 35.5 Å². The number of carbonyl (C=O) groups is 2. The molecule has 0 bridgehead atoms. The van der Waals surface area contributed by atoms with Gasteiger partial charge < -0.3 is 15.5 Å². The van der Waals surface area contributed by atoms with Gasteiger partial charge in [0.05, 0.1) is 40.9 Å². The molecule has 1 aliphatic carbocycles. The van der Waals surface area contributed by atoms with E-state index in [-0.39, 0.29) is 18.5 Å². The van der Waals surface area contributed by atoms with Gasteiger partial charge >= 0.3 is 0 Å². The number of hydrogen-bond donors (Lipinski definition) is 5. The number of hydroxylamine groups is 1. The van der Waals surface area contributed by atoms with E-state index in [2.05, 4.69) is 27.2 Å². The smallest absolute Gasteiger partial charge is 0.271 e. The molecule has 0 aliphatic heterocycles. The molecule has 4 rings (SSSR count). The number of amides is 2. The topological polar surface area (TPSA) is 158 Å². The maximum Gasteiger partial charge on any atom is 0.271 e. The third-order valence-electron chi connectivity index (χ3n) is 7.31. The molecule has 10 heteroatoms. The van der Waals surface area contributed by atoms with Crippen molar-refractivity contribution in [1.82, 2.24) is 25.7 Å². The first kappa shape index (κ1) is 26.6. The van der Waals surface area contributed by atoms with E-state index in [0.717, 1.165) is 12.8 Å². The summed E-state index contributed by atoms with van der Waals surface area (Å²) in [4.78, 5) is 38.8. The quantitative estimate of drug-likeness (QED) is 0.218. The predicted molar refractivity (Wildman–Crippen MR) is 135 cm³/mol. The summed E-state index contributed by atoms with van der Waals surface area (Å²) in [6, 6.07) is 11.7. The second-order valence-electron chi connectivity index (χ2n) is 9.97. The van der Waals surface area contributed by atoms with Crippen LogP contribution in [-0.4, -0.2) is 59.9 Å². The molecule has 5 N–H and O–H groups in total. The highest BCUT2D eigenvalue weighted by atomic mass is 16.5. The molecule has 2 amide bonds. The molecule has 1 aliphatic rings. The molecule has 10 nitrogen and oxygen atoms in total. The van der Waals surface area contributed by atoms with E-state index in [1.165, 1.54) is 6.20 Å². The molecule has 3 unspecified atom stereocenters. The Kier molecular flexibility index (Phi) is 8.42. The maximum absolute atomic E-state index is 13.2. The molecular weight excluding hydrogens is 474 g/mol. The van der Waals surface area contributed by atoms with Gasteiger partial charge in [0.1, 0.15) is 5.69 Å². The van der Waals surface area contributed by atoms with E-state index in [1.807, 2.05) is 6.07 Å². The minimum absolute atomic E-state index is 0.0847. The Morgan fingerprint density at radius 1 is 1.08 bits per heavy atom. The molecule has 0 saturated heterocycles. The van der Waals surface area contributed by atoms with Gasteiger partial charge in [-0.25, -0.2) is 10.5 Å². The van der Waals surface area contributed by atoms with Crippen LogP contribution in [0, 0.1) is 11.8 Å². The number of nitrogens with zero attached hydrogens (tertiary/aromatic N) is 3. The number of aliphatic hydroxyl groups excluding tert-OH is 1. The molecule has 37 heavy (non-hydrogen) atoms. The Morgan fingerprint density at radius 2 is 1.78 bits per heavy atom. The normalized spacial score (nSPS) is 22.1. The molecule has 0 radical (unpaired) electrons. The van der Waals surface area contributed by atoms with Crippen molar-refractivity contribution in [3.8, 4) is 0 Å². The summed E-state index contributed by atoms with van der Waals surface area (Å²) in [6.45, 7) is 2.09. The lowest BCUT2D eigenvalue weighted by Gasteiger charge is -2.41. The zero-order valence-corrected chi connectivity index (χ0v) is 20.7. The van der Waals surface area contributed by atoms with Gasteiger partial charge in [0, 0.05) is 18.3 Å². The van der Waals surface area contributed by atoms with Gasteiger partial charge in [-0.2, -0.15) is 0 Å². The van der Waals surface area contributed by atoms with Crippen molar-refractivity contribution < 1.29 is 25.0 Å². The van der Waals surface area contributed by atoms with Gasteiger partial charge in [0.2, 0.25) is 5.91 Å². The fourth-order valence-electron chi connectivity index (χ4n) is 5.00. The van der Waals surface area contributed by atoms with Crippen LogP contribution in [0.25, 0.3) is 11.0 Å². The number of carbonyl (C=O) groups excluding carboxylic acids is 2. The Labute approximate surface area is 215 Å². The van der Waals surface area contributed by atoms with Gasteiger partial charge in [-0.15, -0.1) is 0 Å². The van der Waals surface area contributed by atoms with Crippen LogP contribution in [0.3, 0.4) is 0 Å². The lowest BCUT2D eigenvalue weighted by molar-refractivity contribution is -0.150. The molecule has 3 atom stereocenters. The Bertz CT molecular complexity index is 1220. The maximum atomic E-state index is 13.2. The van der Waals surface area contributed by atoms with Crippen LogP contribution < -0.4 is 10.8 Å². The first-order valence-corrected chi connectivity index (χ1v) is 12.6. The first-order chi connectivity index (χ1) is 17.8. The zero-order chi connectivity index (χ0) is 26.4. The lowest BCUT2D eigenvalue weighted by atomic mass is 9.70. The number of benzene rings is 1. The number of nitrogens with one attached hydrogen (secondary N) is 2. The number of aliphatic hydroxyl groups is 2. The van der Waals surface area contributed by atoms with E-state index in [1.54, 1.807) is 48.1 Å². The van der Waals surface area contributed by atoms with E-state index >= 15 is 0 Å². The average Bonchev–Trinajstić information content (AvgIpc) is 2.92. The number of hydrogen-bond acceptors (Lipinski definition) is 8. The van der Waals surface area contributed by atoms with Gasteiger partial charge in [0.25, 0.3) is 5.91 Å². The van der Waals surface area contributed by atoms with E-state index in [0.29, 0.717) is 35.5 Å².